The summed E-state index contributed by atoms with van der Waals surface area (Å²) >= 11 is 3.25. The van der Waals surface area contributed by atoms with Gasteiger partial charge in [-0.1, -0.05) is 41.1 Å². The van der Waals surface area contributed by atoms with Crippen molar-refractivity contribution in [2.75, 3.05) is 6.54 Å². The molecule has 1 N–H and O–H groups in total. The van der Waals surface area contributed by atoms with Crippen LogP contribution in [0.15, 0.2) is 46.9 Å². The van der Waals surface area contributed by atoms with E-state index in [-0.39, 0.29) is 17.7 Å². The lowest BCUT2D eigenvalue weighted by Gasteiger charge is -2.19. The Bertz CT molecular complexity index is 569. The Morgan fingerprint density at radius 1 is 1.10 bits per heavy atom. The predicted molar refractivity (Wildman–Crippen MR) is 80.6 cm³/mol. The van der Waals surface area contributed by atoms with Crippen LogP contribution in [0, 0.1) is 11.6 Å². The minimum Gasteiger partial charge on any atom is -0.310 e. The monoisotopic (exact) mass is 339 g/mol. The number of hydrogen-bond acceptors (Lipinski definition) is 1. The first kappa shape index (κ1) is 15.1. The van der Waals surface area contributed by atoms with Gasteiger partial charge in [0.1, 0.15) is 11.6 Å². The zero-order chi connectivity index (χ0) is 14.5. The summed E-state index contributed by atoms with van der Waals surface area (Å²) in [5.41, 5.74) is 1.60. The van der Waals surface area contributed by atoms with Gasteiger partial charge in [-0.25, -0.2) is 8.78 Å². The Balaban J connectivity index is 2.22. The minimum atomic E-state index is -0.265. The molecular weight excluding hydrogens is 324 g/mol. The summed E-state index contributed by atoms with van der Waals surface area (Å²) in [7, 11) is 0. The molecule has 2 aromatic carbocycles. The molecule has 0 amide bonds. The van der Waals surface area contributed by atoms with Gasteiger partial charge in [-0.05, 0) is 48.4 Å². The zero-order valence-corrected chi connectivity index (χ0v) is 12.8. The first-order chi connectivity index (χ1) is 9.60. The van der Waals surface area contributed by atoms with Crippen LogP contribution in [0.3, 0.4) is 0 Å². The lowest BCUT2D eigenvalue weighted by atomic mass is 9.98. The van der Waals surface area contributed by atoms with Crippen LogP contribution in [0.4, 0.5) is 8.78 Å². The second-order valence-electron chi connectivity index (χ2n) is 4.60. The highest BCUT2D eigenvalue weighted by atomic mass is 79.9. The fourth-order valence-electron chi connectivity index (χ4n) is 2.16. The van der Waals surface area contributed by atoms with E-state index in [1.54, 1.807) is 18.2 Å². The van der Waals surface area contributed by atoms with Gasteiger partial charge in [0.15, 0.2) is 0 Å². The second-order valence-corrected chi connectivity index (χ2v) is 5.52. The largest absolute Gasteiger partial charge is 0.310 e. The fourth-order valence-corrected chi connectivity index (χ4v) is 2.49. The highest BCUT2D eigenvalue weighted by molar-refractivity contribution is 9.10. The number of halogens is 3. The third-order valence-corrected chi connectivity index (χ3v) is 3.66. The third-order valence-electron chi connectivity index (χ3n) is 3.16. The summed E-state index contributed by atoms with van der Waals surface area (Å²) in [6.07, 6.45) is 0.526. The van der Waals surface area contributed by atoms with Crippen LogP contribution in [-0.2, 0) is 6.42 Å². The van der Waals surface area contributed by atoms with Crippen molar-refractivity contribution in [3.05, 3.63) is 69.7 Å². The van der Waals surface area contributed by atoms with Gasteiger partial charge in [-0.15, -0.1) is 0 Å². The number of likely N-dealkylation sites (N-methyl/N-ethyl adjacent to an activating group) is 1. The van der Waals surface area contributed by atoms with Gasteiger partial charge in [0.05, 0.1) is 0 Å². The normalized spacial score (nSPS) is 12.4. The van der Waals surface area contributed by atoms with Gasteiger partial charge < -0.3 is 5.32 Å². The summed E-state index contributed by atoms with van der Waals surface area (Å²) in [6, 6.07) is 11.4. The van der Waals surface area contributed by atoms with Crippen LogP contribution < -0.4 is 5.32 Å². The molecule has 0 saturated carbocycles. The van der Waals surface area contributed by atoms with Crippen molar-refractivity contribution < 1.29 is 8.78 Å². The van der Waals surface area contributed by atoms with Crippen molar-refractivity contribution in [1.82, 2.24) is 5.32 Å². The molecule has 4 heteroatoms. The number of benzene rings is 2. The van der Waals surface area contributed by atoms with E-state index in [1.165, 1.54) is 18.2 Å². The lowest BCUT2D eigenvalue weighted by Crippen LogP contribution is -2.23. The molecule has 2 aromatic rings. The minimum absolute atomic E-state index is 0.0312. The van der Waals surface area contributed by atoms with Crippen molar-refractivity contribution in [3.63, 3.8) is 0 Å². The maximum atomic E-state index is 13.9. The van der Waals surface area contributed by atoms with E-state index < -0.39 is 0 Å². The van der Waals surface area contributed by atoms with Crippen LogP contribution in [0.5, 0.6) is 0 Å². The van der Waals surface area contributed by atoms with E-state index in [4.69, 9.17) is 0 Å². The Labute approximate surface area is 126 Å². The number of hydrogen-bond donors (Lipinski definition) is 1. The molecule has 0 aromatic heterocycles. The van der Waals surface area contributed by atoms with Crippen molar-refractivity contribution in [2.45, 2.75) is 19.4 Å². The molecule has 0 spiro atoms. The van der Waals surface area contributed by atoms with E-state index in [0.717, 1.165) is 16.6 Å². The van der Waals surface area contributed by atoms with E-state index in [9.17, 15) is 8.78 Å². The van der Waals surface area contributed by atoms with Gasteiger partial charge in [0.25, 0.3) is 0 Å². The summed E-state index contributed by atoms with van der Waals surface area (Å²) < 4.78 is 27.6. The average molecular weight is 340 g/mol. The van der Waals surface area contributed by atoms with Gasteiger partial charge in [-0.3, -0.25) is 0 Å². The maximum Gasteiger partial charge on any atom is 0.127 e. The van der Waals surface area contributed by atoms with E-state index in [1.807, 2.05) is 13.0 Å². The Hall–Kier alpha value is -1.26. The third kappa shape index (κ3) is 3.87. The first-order valence-electron chi connectivity index (χ1n) is 6.53. The zero-order valence-electron chi connectivity index (χ0n) is 11.2. The molecule has 1 unspecified atom stereocenters. The molecule has 1 nitrogen and oxygen atoms in total. The lowest BCUT2D eigenvalue weighted by molar-refractivity contribution is 0.526. The smallest absolute Gasteiger partial charge is 0.127 e. The van der Waals surface area contributed by atoms with Crippen LogP contribution in [0.2, 0.25) is 0 Å². The molecule has 2 rings (SSSR count). The molecule has 106 valence electrons. The number of nitrogens with one attached hydrogen (secondary N) is 1. The predicted octanol–water partition coefficient (Wildman–Crippen LogP) is 4.62. The van der Waals surface area contributed by atoms with Gasteiger partial charge in [0.2, 0.25) is 0 Å². The van der Waals surface area contributed by atoms with Crippen molar-refractivity contribution in [2.24, 2.45) is 0 Å². The van der Waals surface area contributed by atoms with Crippen LogP contribution in [0.1, 0.15) is 24.1 Å². The van der Waals surface area contributed by atoms with E-state index in [0.29, 0.717) is 12.0 Å². The molecule has 0 radical (unpaired) electrons. The molecular formula is C16H16BrF2N. The SMILES string of the molecule is CCNC(Cc1ccc(Br)cc1F)c1ccc(F)cc1. The summed E-state index contributed by atoms with van der Waals surface area (Å²) in [5, 5.41) is 3.31. The summed E-state index contributed by atoms with van der Waals surface area (Å²) in [6.45, 7) is 2.76. The quantitative estimate of drug-likeness (QED) is 0.837. The van der Waals surface area contributed by atoms with E-state index >= 15 is 0 Å². The molecule has 20 heavy (non-hydrogen) atoms. The number of rotatable bonds is 5. The van der Waals surface area contributed by atoms with Crippen molar-refractivity contribution in [3.8, 4) is 0 Å². The average Bonchev–Trinajstić information content (AvgIpc) is 2.42. The Morgan fingerprint density at radius 3 is 2.40 bits per heavy atom. The topological polar surface area (TPSA) is 12.0 Å². The standard InChI is InChI=1S/C16H16BrF2N/c1-2-20-16(11-4-7-14(18)8-5-11)9-12-3-6-13(17)10-15(12)19/h3-8,10,16,20H,2,9H2,1H3. The Morgan fingerprint density at radius 2 is 1.80 bits per heavy atom. The maximum absolute atomic E-state index is 13.9. The highest BCUT2D eigenvalue weighted by Gasteiger charge is 2.14. The molecule has 0 aliphatic heterocycles. The summed E-state index contributed by atoms with van der Waals surface area (Å²) in [4.78, 5) is 0. The second kappa shape index (κ2) is 6.95. The molecule has 0 saturated heterocycles. The molecule has 0 bridgehead atoms. The van der Waals surface area contributed by atoms with E-state index in [2.05, 4.69) is 21.2 Å². The van der Waals surface area contributed by atoms with Crippen molar-refractivity contribution >= 4 is 15.9 Å². The molecule has 0 heterocycles. The Kier molecular flexibility index (Phi) is 5.26. The fraction of sp³-hybridized carbons (Fsp3) is 0.250. The van der Waals surface area contributed by atoms with Gasteiger partial charge >= 0.3 is 0 Å². The van der Waals surface area contributed by atoms with Gasteiger partial charge in [-0.2, -0.15) is 0 Å². The summed E-state index contributed by atoms with van der Waals surface area (Å²) in [5.74, 6) is -0.497. The van der Waals surface area contributed by atoms with Gasteiger partial charge in [0, 0.05) is 10.5 Å². The molecule has 0 aliphatic carbocycles. The first-order valence-corrected chi connectivity index (χ1v) is 7.32. The molecule has 0 aliphatic rings. The molecule has 1 atom stereocenters. The van der Waals surface area contributed by atoms with Crippen LogP contribution in [0.25, 0.3) is 0 Å². The van der Waals surface area contributed by atoms with Crippen molar-refractivity contribution in [1.29, 1.82) is 0 Å². The van der Waals surface area contributed by atoms with Crippen LogP contribution >= 0.6 is 15.9 Å². The highest BCUT2D eigenvalue weighted by Crippen LogP contribution is 2.22. The molecule has 0 fully saturated rings. The van der Waals surface area contributed by atoms with Crippen LogP contribution in [-0.4, -0.2) is 6.54 Å².